The maximum absolute atomic E-state index is 12.5. The van der Waals surface area contributed by atoms with Crippen LogP contribution < -0.4 is 4.74 Å². The second-order valence-electron chi connectivity index (χ2n) is 5.12. The van der Waals surface area contributed by atoms with Crippen LogP contribution >= 0.6 is 0 Å². The van der Waals surface area contributed by atoms with Gasteiger partial charge in [0.15, 0.2) is 6.61 Å². The number of hydrogen-bond acceptors (Lipinski definition) is 4. The molecule has 3 rings (SSSR count). The maximum Gasteiger partial charge on any atom is 0.341 e. The molecule has 0 bridgehead atoms. The molecule has 0 atom stereocenters. The average molecular weight is 320 g/mol. The molecule has 0 spiro atoms. The van der Waals surface area contributed by atoms with E-state index in [4.69, 9.17) is 14.7 Å². The third-order valence-electron chi connectivity index (χ3n) is 3.67. The van der Waals surface area contributed by atoms with Crippen LogP contribution in [0.15, 0.2) is 54.7 Å². The largest absolute Gasteiger partial charge is 0.479 e. The first-order valence-corrected chi connectivity index (χ1v) is 7.57. The summed E-state index contributed by atoms with van der Waals surface area (Å²) in [6.07, 6.45) is 5.50. The summed E-state index contributed by atoms with van der Waals surface area (Å²) in [6, 6.07) is 13.0. The molecule has 0 radical (unpaired) electrons. The first-order valence-electron chi connectivity index (χ1n) is 7.57. The molecule has 120 valence electrons. The van der Waals surface area contributed by atoms with Crippen LogP contribution in [0.25, 0.3) is 16.4 Å². The Bertz CT molecular complexity index is 964. The zero-order valence-electron chi connectivity index (χ0n) is 13.2. The highest BCUT2D eigenvalue weighted by Crippen LogP contribution is 2.30. The van der Waals surface area contributed by atoms with Gasteiger partial charge >= 0.3 is 5.97 Å². The lowest BCUT2D eigenvalue weighted by atomic mass is 10.1. The summed E-state index contributed by atoms with van der Waals surface area (Å²) in [5.74, 6) is 0.221. The maximum atomic E-state index is 12.5. The Labute approximate surface area is 139 Å². The summed E-state index contributed by atoms with van der Waals surface area (Å²) in [7, 11) is 0. The highest BCUT2D eigenvalue weighted by molar-refractivity contribution is 6.11. The SMILES string of the molecule is CC=CCOC(=O)c1c2ccc(OCC#N)cc2n2ccccc12. The van der Waals surface area contributed by atoms with Crippen molar-refractivity contribution in [3.63, 3.8) is 0 Å². The van der Waals surface area contributed by atoms with E-state index in [-0.39, 0.29) is 19.2 Å². The van der Waals surface area contributed by atoms with E-state index in [1.54, 1.807) is 12.1 Å². The number of nitrogens with zero attached hydrogens (tertiary/aromatic N) is 2. The summed E-state index contributed by atoms with van der Waals surface area (Å²) >= 11 is 0. The van der Waals surface area contributed by atoms with Crippen molar-refractivity contribution in [1.82, 2.24) is 4.40 Å². The van der Waals surface area contributed by atoms with Gasteiger partial charge in [0.2, 0.25) is 0 Å². The Morgan fingerprint density at radius 1 is 1.29 bits per heavy atom. The minimum Gasteiger partial charge on any atom is -0.479 e. The van der Waals surface area contributed by atoms with Gasteiger partial charge < -0.3 is 13.9 Å². The Morgan fingerprint density at radius 3 is 2.96 bits per heavy atom. The van der Waals surface area contributed by atoms with Gasteiger partial charge in [-0.3, -0.25) is 0 Å². The molecule has 0 aliphatic rings. The molecule has 0 fully saturated rings. The molecule has 2 heterocycles. The molecule has 0 aliphatic carbocycles. The number of carbonyl (C=O) groups excluding carboxylic acids is 1. The lowest BCUT2D eigenvalue weighted by Crippen LogP contribution is -2.05. The fourth-order valence-corrected chi connectivity index (χ4v) is 2.63. The van der Waals surface area contributed by atoms with E-state index >= 15 is 0 Å². The van der Waals surface area contributed by atoms with E-state index in [9.17, 15) is 4.79 Å². The van der Waals surface area contributed by atoms with Crippen LogP contribution in [0, 0.1) is 11.3 Å². The fraction of sp³-hybridized carbons (Fsp3) is 0.158. The molecule has 0 unspecified atom stereocenters. The van der Waals surface area contributed by atoms with Crippen molar-refractivity contribution in [3.05, 3.63) is 60.3 Å². The number of esters is 1. The highest BCUT2D eigenvalue weighted by atomic mass is 16.5. The number of fused-ring (bicyclic) bond motifs is 3. The van der Waals surface area contributed by atoms with Crippen molar-refractivity contribution >= 4 is 22.4 Å². The minimum atomic E-state index is -0.363. The monoisotopic (exact) mass is 320 g/mol. The van der Waals surface area contributed by atoms with Crippen molar-refractivity contribution in [2.24, 2.45) is 0 Å². The molecule has 3 aromatic rings. The molecule has 2 aromatic heterocycles. The first-order chi connectivity index (χ1) is 11.8. The molecule has 5 heteroatoms. The van der Waals surface area contributed by atoms with Gasteiger partial charge in [0.1, 0.15) is 18.4 Å². The Balaban J connectivity index is 2.13. The van der Waals surface area contributed by atoms with Gasteiger partial charge in [-0.05, 0) is 31.2 Å². The van der Waals surface area contributed by atoms with Gasteiger partial charge in [0.25, 0.3) is 0 Å². The van der Waals surface area contributed by atoms with Crippen LogP contribution in [0.5, 0.6) is 5.75 Å². The van der Waals surface area contributed by atoms with Crippen molar-refractivity contribution in [3.8, 4) is 11.8 Å². The van der Waals surface area contributed by atoms with Crippen molar-refractivity contribution in [2.45, 2.75) is 6.92 Å². The summed E-state index contributed by atoms with van der Waals surface area (Å²) in [4.78, 5) is 12.5. The average Bonchev–Trinajstić information content (AvgIpc) is 2.94. The fourth-order valence-electron chi connectivity index (χ4n) is 2.63. The van der Waals surface area contributed by atoms with Crippen LogP contribution in [-0.2, 0) is 4.74 Å². The van der Waals surface area contributed by atoms with E-state index < -0.39 is 0 Å². The molecule has 0 saturated heterocycles. The number of ether oxygens (including phenoxy) is 2. The summed E-state index contributed by atoms with van der Waals surface area (Å²) in [5, 5.41) is 9.43. The number of benzene rings is 1. The zero-order chi connectivity index (χ0) is 16.9. The predicted octanol–water partition coefficient (Wildman–Crippen LogP) is 3.73. The second-order valence-corrected chi connectivity index (χ2v) is 5.12. The van der Waals surface area contributed by atoms with Crippen LogP contribution in [-0.4, -0.2) is 23.6 Å². The van der Waals surface area contributed by atoms with Gasteiger partial charge in [-0.15, -0.1) is 0 Å². The smallest absolute Gasteiger partial charge is 0.341 e. The van der Waals surface area contributed by atoms with Gasteiger partial charge in [-0.1, -0.05) is 18.2 Å². The Morgan fingerprint density at radius 2 is 2.17 bits per heavy atom. The number of pyridine rings is 1. The molecule has 0 aliphatic heterocycles. The van der Waals surface area contributed by atoms with E-state index in [1.807, 2.05) is 60.0 Å². The number of rotatable bonds is 5. The Hall–Kier alpha value is -3.26. The summed E-state index contributed by atoms with van der Waals surface area (Å²) in [6.45, 7) is 2.09. The van der Waals surface area contributed by atoms with E-state index in [0.29, 0.717) is 11.3 Å². The molecule has 0 saturated carbocycles. The van der Waals surface area contributed by atoms with Crippen LogP contribution in [0.2, 0.25) is 0 Å². The van der Waals surface area contributed by atoms with Crippen molar-refractivity contribution in [2.75, 3.05) is 13.2 Å². The molecule has 1 aromatic carbocycles. The highest BCUT2D eigenvalue weighted by Gasteiger charge is 2.19. The van der Waals surface area contributed by atoms with Gasteiger partial charge in [0.05, 0.1) is 16.6 Å². The third kappa shape index (κ3) is 2.82. The van der Waals surface area contributed by atoms with Crippen LogP contribution in [0.3, 0.4) is 0 Å². The van der Waals surface area contributed by atoms with Crippen LogP contribution in [0.4, 0.5) is 0 Å². The molecule has 0 amide bonds. The van der Waals surface area contributed by atoms with Crippen LogP contribution in [0.1, 0.15) is 17.3 Å². The number of nitriles is 1. The van der Waals surface area contributed by atoms with Gasteiger partial charge in [-0.25, -0.2) is 4.79 Å². The topological polar surface area (TPSA) is 63.7 Å². The summed E-state index contributed by atoms with van der Waals surface area (Å²) in [5.41, 5.74) is 2.14. The van der Waals surface area contributed by atoms with Crippen molar-refractivity contribution < 1.29 is 14.3 Å². The lowest BCUT2D eigenvalue weighted by molar-refractivity contribution is 0.0554. The molecule has 5 nitrogen and oxygen atoms in total. The number of allylic oxidation sites excluding steroid dienone is 1. The van der Waals surface area contributed by atoms with Gasteiger partial charge in [0, 0.05) is 17.6 Å². The standard InChI is InChI=1S/C19H16N2O3/c1-2-3-11-24-19(22)18-15-8-7-14(23-12-9-20)13-17(15)21-10-5-4-6-16(18)21/h2-8,10,13H,11-12H2,1H3. The molecule has 0 N–H and O–H groups in total. The minimum absolute atomic E-state index is 0.0208. The quantitative estimate of drug-likeness (QED) is 0.531. The second kappa shape index (κ2) is 6.88. The number of hydrogen-bond donors (Lipinski definition) is 0. The Kier molecular flexibility index (Phi) is 4.48. The zero-order valence-corrected chi connectivity index (χ0v) is 13.2. The molecular formula is C19H16N2O3. The van der Waals surface area contributed by atoms with E-state index in [0.717, 1.165) is 16.4 Å². The van der Waals surface area contributed by atoms with Gasteiger partial charge in [-0.2, -0.15) is 5.26 Å². The van der Waals surface area contributed by atoms with Crippen molar-refractivity contribution in [1.29, 1.82) is 5.26 Å². The van der Waals surface area contributed by atoms with E-state index in [2.05, 4.69) is 0 Å². The molecule has 24 heavy (non-hydrogen) atoms. The predicted molar refractivity (Wildman–Crippen MR) is 91.1 cm³/mol. The van der Waals surface area contributed by atoms with E-state index in [1.165, 1.54) is 0 Å². The normalized spacial score (nSPS) is 11.0. The third-order valence-corrected chi connectivity index (χ3v) is 3.67. The number of aromatic nitrogens is 1. The summed E-state index contributed by atoms with van der Waals surface area (Å²) < 4.78 is 12.6. The number of carbonyl (C=O) groups is 1. The molecular weight excluding hydrogens is 304 g/mol. The first kappa shape index (κ1) is 15.6. The lowest BCUT2D eigenvalue weighted by Gasteiger charge is -2.03.